The lowest BCUT2D eigenvalue weighted by atomic mass is 9.86. The molecule has 0 aliphatic heterocycles. The van der Waals surface area contributed by atoms with E-state index in [1.807, 2.05) is 66.7 Å². The lowest BCUT2D eigenvalue weighted by Crippen LogP contribution is -2.28. The summed E-state index contributed by atoms with van der Waals surface area (Å²) in [5.74, 6) is -1.28. The molecule has 106 heavy (non-hydrogen) atoms. The molecule has 20 nitrogen and oxygen atoms in total. The van der Waals surface area contributed by atoms with Crippen LogP contribution in [0.4, 0.5) is 41.6 Å². The highest BCUT2D eigenvalue weighted by Gasteiger charge is 2.49. The first-order valence-corrected chi connectivity index (χ1v) is 37.5. The van der Waals surface area contributed by atoms with Gasteiger partial charge in [0.05, 0.1) is 31.6 Å². The third kappa shape index (κ3) is 23.4. The summed E-state index contributed by atoms with van der Waals surface area (Å²) in [6.07, 6.45) is 25.4. The fourth-order valence-corrected chi connectivity index (χ4v) is 13.8. The summed E-state index contributed by atoms with van der Waals surface area (Å²) in [6.45, 7) is 12.8. The molecule has 0 atom stereocenters. The second-order valence-electron chi connectivity index (χ2n) is 29.0. The summed E-state index contributed by atoms with van der Waals surface area (Å²) in [5, 5.41) is 71.7. The molecule has 5 aliphatic carbocycles. The van der Waals surface area contributed by atoms with E-state index in [0.717, 1.165) is 144 Å². The number of carbonyl (C=O) groups is 2. The zero-order valence-electron chi connectivity index (χ0n) is 60.7. The lowest BCUT2D eigenvalue weighted by Gasteiger charge is -2.19. The number of nitriles is 3. The minimum absolute atomic E-state index is 0.0526. The van der Waals surface area contributed by atoms with Gasteiger partial charge in [-0.05, 0) is 284 Å². The van der Waals surface area contributed by atoms with Crippen molar-refractivity contribution in [3.05, 3.63) is 234 Å². The van der Waals surface area contributed by atoms with E-state index in [4.69, 9.17) is 27.9 Å². The number of nitrogens with two attached hydrogens (primary N) is 1. The van der Waals surface area contributed by atoms with Gasteiger partial charge >= 0.3 is 27.0 Å². The van der Waals surface area contributed by atoms with Crippen molar-refractivity contribution >= 4 is 61.3 Å². The van der Waals surface area contributed by atoms with Crippen LogP contribution in [0.15, 0.2) is 109 Å². The number of aryl methyl sites for hydroxylation is 10. The normalized spacial score (nSPS) is 14.6. The maximum Gasteiger partial charge on any atom is 0.534 e. The van der Waals surface area contributed by atoms with Crippen LogP contribution in [-0.4, -0.2) is 45.0 Å². The largest absolute Gasteiger partial charge is 0.534 e. The summed E-state index contributed by atoms with van der Waals surface area (Å²) in [4.78, 5) is 53.9. The molecule has 4 N–H and O–H groups in total. The van der Waals surface area contributed by atoms with Crippen LogP contribution in [0.5, 0.6) is 11.5 Å². The number of halogens is 4. The number of nitrogen functional groups attached to an aromatic ring is 1. The van der Waals surface area contributed by atoms with Gasteiger partial charge in [0.2, 0.25) is 5.75 Å². The molecule has 0 aromatic heterocycles. The van der Waals surface area contributed by atoms with Gasteiger partial charge in [-0.1, -0.05) is 97.9 Å². The van der Waals surface area contributed by atoms with Gasteiger partial charge in [-0.15, -0.1) is 0 Å². The van der Waals surface area contributed by atoms with Crippen LogP contribution in [0, 0.1) is 64.3 Å². The Labute approximate surface area is 622 Å². The summed E-state index contributed by atoms with van der Waals surface area (Å²) >= 11 is 5.33. The van der Waals surface area contributed by atoms with Crippen LogP contribution >= 0.6 is 11.6 Å². The highest BCUT2D eigenvalue weighted by molar-refractivity contribution is 7.88. The Morgan fingerprint density at radius 2 is 0.792 bits per heavy atom. The third-order valence-electron chi connectivity index (χ3n) is 19.2. The topological polar surface area (TPSA) is 337 Å². The molecular formula is C81H90ClF3N8O12S. The molecule has 0 spiro atoms. The molecule has 7 aromatic carbocycles. The number of alkyl halides is 3. The average molecular weight is 1490 g/mol. The number of nitro benzene ring substituents is 3. The second-order valence-corrected chi connectivity index (χ2v) is 30.9. The Bertz CT molecular complexity index is 4610. The summed E-state index contributed by atoms with van der Waals surface area (Å²) in [6, 6.07) is 37.8. The van der Waals surface area contributed by atoms with E-state index >= 15 is 0 Å². The average Bonchev–Trinajstić information content (AvgIpc) is 1.04. The van der Waals surface area contributed by atoms with Gasteiger partial charge in [-0.2, -0.15) is 37.4 Å². The van der Waals surface area contributed by atoms with Gasteiger partial charge in [0, 0.05) is 35.0 Å². The number of anilines is 2. The van der Waals surface area contributed by atoms with Crippen LogP contribution < -0.4 is 15.2 Å². The van der Waals surface area contributed by atoms with Crippen LogP contribution in [0.2, 0.25) is 0 Å². The molecule has 0 saturated carbocycles. The van der Waals surface area contributed by atoms with Crippen molar-refractivity contribution in [2.24, 2.45) is 0 Å². The van der Waals surface area contributed by atoms with Gasteiger partial charge in [0.15, 0.2) is 5.75 Å². The van der Waals surface area contributed by atoms with Crippen molar-refractivity contribution in [2.75, 3.05) is 11.1 Å². The monoisotopic (exact) mass is 1490 g/mol. The molecule has 1 amide bonds. The molecule has 0 fully saturated rings. The number of nitrogens with one attached hydrogen (secondary N) is 1. The van der Waals surface area contributed by atoms with Crippen LogP contribution in [0.3, 0.4) is 0 Å². The first-order valence-electron chi connectivity index (χ1n) is 35.7. The number of hydrogen-bond donors (Lipinski definition) is 3. The fraction of sp³-hybridized carbons (Fsp3) is 0.420. The van der Waals surface area contributed by atoms with Crippen LogP contribution in [0.1, 0.15) is 242 Å². The lowest BCUT2D eigenvalue weighted by molar-refractivity contribution is -0.386. The molecule has 0 heterocycles. The SMILES string of the molecule is CC(C)(C)c1ccc(C(=O)Cl)cc1.CC(C)(C)c1ccc(C(=O)Nc2cc3c(cc2C#N)CCCCC3)cc1.N#Cc1cc2c(cc1N)CCCCC2.N#Cc1cc2c(cc1[N+](=O)[O-])CCCCC2.O=[N+]([O-])c1cc2c(cc1O)CCCCC2.O=[N+]([O-])c1cc2c(cc1OS(=O)(=O)C(F)(F)F)CCCCC2. The molecule has 0 bridgehead atoms. The van der Waals surface area contributed by atoms with E-state index < -0.39 is 47.1 Å². The fourth-order valence-electron chi connectivity index (χ4n) is 13.2. The van der Waals surface area contributed by atoms with Crippen molar-refractivity contribution in [1.82, 2.24) is 0 Å². The van der Waals surface area contributed by atoms with Crippen LogP contribution in [-0.2, 0) is 85.2 Å². The quantitative estimate of drug-likeness (QED) is 0.0242. The summed E-state index contributed by atoms with van der Waals surface area (Å²) in [5.41, 5.74) is 16.1. The predicted molar refractivity (Wildman–Crippen MR) is 403 cm³/mol. The Hall–Kier alpha value is -10.2. The number of phenols is 1. The Morgan fingerprint density at radius 3 is 1.16 bits per heavy atom. The zero-order chi connectivity index (χ0) is 77.7. The van der Waals surface area contributed by atoms with E-state index in [2.05, 4.69) is 63.2 Å². The standard InChI is InChI=1S/C23H26N2O.C12H12F3NO5S.C12H12N2O2.C12H14N2.C11H13ClO.C11H13NO3/c1-23(2,3)20-11-9-16(10-12-20)22(26)25-21-14-18-8-6-4-5-7-17(18)13-19(21)15-24;13-12(14,15)22(19,20)21-11-7-9-5-3-1-2-4-8(9)6-10(11)16(17)18;13-8-11-6-9-4-2-1-3-5-10(9)7-12(11)14(15)16;13-8-11-6-9-4-2-1-3-5-10(9)7-12(11)14;1-11(2,3)9-6-4-8(5-7-9)10(12)13;13-11-7-9-5-3-1-2-4-8(9)6-10(11)12(14)15/h9-14H,4-8H2,1-3H3,(H,25,26);6-7H,1-5H2;6-7H,1-5H2;6-7H,1-5,14H2;4-7H,1-3H3;6-7,13H,1-5H2. The number of nitro groups is 3. The number of carbonyl (C=O) groups excluding carboxylic acids is 2. The number of nitrogens with zero attached hydrogens (tertiary/aromatic N) is 6. The minimum atomic E-state index is -5.95. The van der Waals surface area contributed by atoms with Gasteiger partial charge in [0.1, 0.15) is 23.8 Å². The van der Waals surface area contributed by atoms with Crippen molar-refractivity contribution in [1.29, 1.82) is 15.8 Å². The number of aromatic hydroxyl groups is 1. The number of benzene rings is 7. The number of amides is 1. The predicted octanol–water partition coefficient (Wildman–Crippen LogP) is 19.5. The van der Waals surface area contributed by atoms with Crippen molar-refractivity contribution in [2.45, 2.75) is 218 Å². The van der Waals surface area contributed by atoms with Gasteiger partial charge in [-0.3, -0.25) is 39.9 Å². The Morgan fingerprint density at radius 1 is 0.472 bits per heavy atom. The van der Waals surface area contributed by atoms with E-state index in [1.54, 1.807) is 30.3 Å². The van der Waals surface area contributed by atoms with Gasteiger partial charge in [0.25, 0.3) is 16.8 Å². The third-order valence-corrected chi connectivity index (χ3v) is 20.4. The minimum Gasteiger partial charge on any atom is -0.502 e. The molecule has 560 valence electrons. The summed E-state index contributed by atoms with van der Waals surface area (Å²) in [7, 11) is -5.95. The molecule has 5 aliphatic rings. The van der Waals surface area contributed by atoms with Gasteiger partial charge < -0.3 is 20.3 Å². The van der Waals surface area contributed by atoms with Crippen molar-refractivity contribution < 1.29 is 55.2 Å². The number of fused-ring (bicyclic) bond motifs is 5. The second kappa shape index (κ2) is 37.7. The van der Waals surface area contributed by atoms with Crippen molar-refractivity contribution in [3.8, 4) is 29.7 Å². The van der Waals surface area contributed by atoms with E-state index in [1.165, 1.54) is 78.0 Å². The number of phenolic OH excluding ortho intramolecular Hbond substituents is 1. The number of rotatable bonds is 8. The molecule has 0 unspecified atom stereocenters. The molecule has 25 heteroatoms. The number of hydrogen-bond acceptors (Lipinski definition) is 16. The Balaban J connectivity index is 0.000000181. The molecule has 12 rings (SSSR count). The summed E-state index contributed by atoms with van der Waals surface area (Å²) < 4.78 is 63.2. The molecule has 0 saturated heterocycles. The molecule has 7 aromatic rings. The maximum atomic E-state index is 12.7. The first kappa shape index (κ1) is 83.1. The van der Waals surface area contributed by atoms with E-state index in [9.17, 15) is 71.9 Å². The highest BCUT2D eigenvalue weighted by atomic mass is 35.5. The zero-order valence-corrected chi connectivity index (χ0v) is 62.3. The molecule has 0 radical (unpaired) electrons. The first-order chi connectivity index (χ1) is 50.1. The smallest absolute Gasteiger partial charge is 0.502 e. The van der Waals surface area contributed by atoms with Crippen LogP contribution in [0.25, 0.3) is 0 Å². The van der Waals surface area contributed by atoms with Crippen molar-refractivity contribution in [3.63, 3.8) is 0 Å². The van der Waals surface area contributed by atoms with Gasteiger partial charge in [-0.25, -0.2) is 0 Å². The van der Waals surface area contributed by atoms with E-state index in [0.29, 0.717) is 57.6 Å². The Kier molecular flexibility index (Phi) is 29.5. The maximum absolute atomic E-state index is 12.7. The van der Waals surface area contributed by atoms with E-state index in [-0.39, 0.29) is 39.4 Å². The highest BCUT2D eigenvalue weighted by Crippen LogP contribution is 2.39. The molecular weight excluding hydrogens is 1400 g/mol.